The van der Waals surface area contributed by atoms with Crippen LogP contribution in [-0.2, 0) is 22.4 Å². The summed E-state index contributed by atoms with van der Waals surface area (Å²) in [5.74, 6) is -0.211. The average Bonchev–Trinajstić information content (AvgIpc) is 2.70. The molecule has 0 aliphatic carbocycles. The molecular weight excluding hydrogens is 411 g/mol. The molecule has 10 heteroatoms. The van der Waals surface area contributed by atoms with Crippen LogP contribution >= 0.6 is 0 Å². The van der Waals surface area contributed by atoms with E-state index in [4.69, 9.17) is 4.84 Å². The maximum Gasteiger partial charge on any atom is 0.416 e. The van der Waals surface area contributed by atoms with E-state index < -0.39 is 11.7 Å². The number of anilines is 1. The topological polar surface area (TPSA) is 69.9 Å². The van der Waals surface area contributed by atoms with Gasteiger partial charge in [0, 0.05) is 18.2 Å². The molecule has 1 heterocycles. The van der Waals surface area contributed by atoms with Gasteiger partial charge < -0.3 is 4.84 Å². The molecule has 3 rings (SSSR count). The standard InChI is InChI=1S/C21H22F3N5O2/c1-13-7-5-10-19(29-11-20(30)28(4)26-27-29)17(13)12-31-25-15(3)16-8-6-9-18(14(16)2)21(22,23)24/h5-10H,11-12H2,1-4H3/b25-15-. The molecule has 31 heavy (non-hydrogen) atoms. The first-order valence-electron chi connectivity index (χ1n) is 9.47. The Balaban J connectivity index is 1.82. The highest BCUT2D eigenvalue weighted by atomic mass is 19.4. The fourth-order valence-corrected chi connectivity index (χ4v) is 3.25. The minimum Gasteiger partial charge on any atom is -0.391 e. The van der Waals surface area contributed by atoms with Crippen LogP contribution in [0.1, 0.15) is 34.7 Å². The van der Waals surface area contributed by atoms with Crippen LogP contribution in [-0.4, -0.2) is 30.2 Å². The molecule has 0 spiro atoms. The zero-order chi connectivity index (χ0) is 22.8. The fraction of sp³-hybridized carbons (Fsp3) is 0.333. The Hall–Kier alpha value is -3.43. The number of oxime groups is 1. The van der Waals surface area contributed by atoms with Crippen molar-refractivity contribution in [3.05, 3.63) is 64.2 Å². The van der Waals surface area contributed by atoms with E-state index in [1.165, 1.54) is 25.0 Å². The van der Waals surface area contributed by atoms with E-state index >= 15 is 0 Å². The SMILES string of the molecule is C/C(=N/OCc1c(C)cccc1N1CC(=O)N(C)N=N1)c1cccc(C(F)(F)F)c1C. The quantitative estimate of drug-likeness (QED) is 0.501. The van der Waals surface area contributed by atoms with Crippen LogP contribution in [0, 0.1) is 13.8 Å². The Morgan fingerprint density at radius 1 is 1.16 bits per heavy atom. The van der Waals surface area contributed by atoms with Gasteiger partial charge in [-0.25, -0.2) is 10.0 Å². The number of hydrogen-bond acceptors (Lipinski definition) is 6. The first-order valence-corrected chi connectivity index (χ1v) is 9.47. The number of alkyl halides is 3. The van der Waals surface area contributed by atoms with Gasteiger partial charge in [-0.15, -0.1) is 0 Å². The first-order chi connectivity index (χ1) is 14.6. The Kier molecular flexibility index (Phi) is 6.28. The van der Waals surface area contributed by atoms with Crippen LogP contribution in [0.3, 0.4) is 0 Å². The molecular formula is C21H22F3N5O2. The Morgan fingerprint density at radius 2 is 1.87 bits per heavy atom. The third-order valence-corrected chi connectivity index (χ3v) is 5.03. The van der Waals surface area contributed by atoms with Crippen molar-refractivity contribution in [2.75, 3.05) is 18.6 Å². The zero-order valence-electron chi connectivity index (χ0n) is 17.6. The lowest BCUT2D eigenvalue weighted by molar-refractivity contribution is -0.138. The van der Waals surface area contributed by atoms with Gasteiger partial charge in [0.15, 0.2) is 0 Å². The number of benzene rings is 2. The van der Waals surface area contributed by atoms with Crippen molar-refractivity contribution < 1.29 is 22.8 Å². The minimum atomic E-state index is -4.44. The van der Waals surface area contributed by atoms with Crippen LogP contribution in [0.2, 0.25) is 0 Å². The molecule has 0 aromatic heterocycles. The molecule has 0 N–H and O–H groups in total. The molecule has 164 valence electrons. The number of nitrogens with zero attached hydrogens (tertiary/aromatic N) is 5. The number of rotatable bonds is 5. The zero-order valence-corrected chi connectivity index (χ0v) is 17.6. The Morgan fingerprint density at radius 3 is 2.55 bits per heavy atom. The summed E-state index contributed by atoms with van der Waals surface area (Å²) in [6.45, 7) is 4.96. The molecule has 0 radical (unpaired) electrons. The fourth-order valence-electron chi connectivity index (χ4n) is 3.25. The largest absolute Gasteiger partial charge is 0.416 e. The normalized spacial score (nSPS) is 14.9. The van der Waals surface area contributed by atoms with Gasteiger partial charge in [-0.1, -0.05) is 29.4 Å². The average molecular weight is 433 g/mol. The van der Waals surface area contributed by atoms with Gasteiger partial charge in [0.2, 0.25) is 0 Å². The second kappa shape index (κ2) is 8.75. The molecule has 2 aromatic rings. The maximum atomic E-state index is 13.2. The Bertz CT molecular complexity index is 1050. The number of halogens is 3. The van der Waals surface area contributed by atoms with Gasteiger partial charge in [0.05, 0.1) is 17.0 Å². The summed E-state index contributed by atoms with van der Waals surface area (Å²) in [5, 5.41) is 14.5. The predicted octanol–water partition coefficient (Wildman–Crippen LogP) is 4.82. The maximum absolute atomic E-state index is 13.2. The smallest absolute Gasteiger partial charge is 0.391 e. The minimum absolute atomic E-state index is 0.0299. The Labute approximate surface area is 177 Å². The third kappa shape index (κ3) is 4.84. The highest BCUT2D eigenvalue weighted by Gasteiger charge is 2.33. The van der Waals surface area contributed by atoms with Gasteiger partial charge in [-0.2, -0.15) is 13.2 Å². The van der Waals surface area contributed by atoms with Crippen LogP contribution < -0.4 is 5.01 Å². The molecule has 1 amide bonds. The van der Waals surface area contributed by atoms with Gasteiger partial charge in [0.1, 0.15) is 13.2 Å². The van der Waals surface area contributed by atoms with Crippen molar-refractivity contribution in [2.45, 2.75) is 33.6 Å². The lowest BCUT2D eigenvalue weighted by Crippen LogP contribution is -2.37. The molecule has 7 nitrogen and oxygen atoms in total. The van der Waals surface area contributed by atoms with Gasteiger partial charge >= 0.3 is 6.18 Å². The van der Waals surface area contributed by atoms with E-state index in [2.05, 4.69) is 15.6 Å². The molecule has 0 fully saturated rings. The molecule has 0 atom stereocenters. The predicted molar refractivity (Wildman–Crippen MR) is 109 cm³/mol. The van der Waals surface area contributed by atoms with Crippen LogP contribution in [0.4, 0.5) is 18.9 Å². The van der Waals surface area contributed by atoms with Crippen molar-refractivity contribution in [2.24, 2.45) is 15.6 Å². The second-order valence-electron chi connectivity index (χ2n) is 7.15. The number of carbonyl (C=O) groups is 1. The summed E-state index contributed by atoms with van der Waals surface area (Å²) < 4.78 is 39.5. The van der Waals surface area contributed by atoms with Crippen LogP contribution in [0.15, 0.2) is 52.0 Å². The van der Waals surface area contributed by atoms with Crippen molar-refractivity contribution in [3.63, 3.8) is 0 Å². The van der Waals surface area contributed by atoms with E-state index in [1.54, 1.807) is 19.1 Å². The summed E-state index contributed by atoms with van der Waals surface area (Å²) in [4.78, 5) is 17.5. The molecule has 1 aliphatic rings. The highest BCUT2D eigenvalue weighted by molar-refractivity contribution is 5.99. The molecule has 2 aromatic carbocycles. The number of carbonyl (C=O) groups excluding carboxylic acids is 1. The van der Waals surface area contributed by atoms with Gasteiger partial charge in [-0.3, -0.25) is 4.79 Å². The third-order valence-electron chi connectivity index (χ3n) is 5.03. The summed E-state index contributed by atoms with van der Waals surface area (Å²) in [6, 6.07) is 9.45. The van der Waals surface area contributed by atoms with Crippen molar-refractivity contribution in [1.82, 2.24) is 5.01 Å². The van der Waals surface area contributed by atoms with Crippen LogP contribution in [0.5, 0.6) is 0 Å². The lowest BCUT2D eigenvalue weighted by Gasteiger charge is -2.26. The molecule has 0 bridgehead atoms. The monoisotopic (exact) mass is 433 g/mol. The number of aryl methyl sites for hydroxylation is 1. The summed E-state index contributed by atoms with van der Waals surface area (Å²) in [6.07, 6.45) is -4.44. The van der Waals surface area contributed by atoms with Gasteiger partial charge in [0.25, 0.3) is 5.91 Å². The van der Waals surface area contributed by atoms with E-state index in [9.17, 15) is 18.0 Å². The highest BCUT2D eigenvalue weighted by Crippen LogP contribution is 2.33. The second-order valence-corrected chi connectivity index (χ2v) is 7.15. The summed E-state index contributed by atoms with van der Waals surface area (Å²) in [5.41, 5.74) is 2.36. The number of likely N-dealkylation sites (N-methyl/N-ethyl adjacent to an activating group) is 1. The van der Waals surface area contributed by atoms with Gasteiger partial charge in [-0.05, 0) is 54.5 Å². The summed E-state index contributed by atoms with van der Waals surface area (Å²) in [7, 11) is 1.52. The summed E-state index contributed by atoms with van der Waals surface area (Å²) >= 11 is 0. The molecule has 0 saturated heterocycles. The molecule has 1 aliphatic heterocycles. The molecule has 0 unspecified atom stereocenters. The van der Waals surface area contributed by atoms with E-state index in [-0.39, 0.29) is 24.6 Å². The molecule has 0 saturated carbocycles. The number of hydrogen-bond donors (Lipinski definition) is 0. The van der Waals surface area contributed by atoms with E-state index in [1.807, 2.05) is 19.1 Å². The first kappa shape index (κ1) is 22.3. The van der Waals surface area contributed by atoms with Crippen molar-refractivity contribution in [1.29, 1.82) is 0 Å². The number of amides is 1. The van der Waals surface area contributed by atoms with E-state index in [0.717, 1.165) is 22.2 Å². The van der Waals surface area contributed by atoms with E-state index in [0.29, 0.717) is 17.0 Å². The van der Waals surface area contributed by atoms with Crippen LogP contribution in [0.25, 0.3) is 0 Å². The van der Waals surface area contributed by atoms with Crippen molar-refractivity contribution in [3.8, 4) is 0 Å². The van der Waals surface area contributed by atoms with Crippen molar-refractivity contribution >= 4 is 17.3 Å². The lowest BCUT2D eigenvalue weighted by atomic mass is 9.99.